The highest BCUT2D eigenvalue weighted by Gasteiger charge is 2.23. The quantitative estimate of drug-likeness (QED) is 0.344. The van der Waals surface area contributed by atoms with Crippen LogP contribution in [0.4, 0.5) is 10.2 Å². The van der Waals surface area contributed by atoms with Crippen molar-refractivity contribution in [2.24, 2.45) is 0 Å². The summed E-state index contributed by atoms with van der Waals surface area (Å²) in [7, 11) is 0. The van der Waals surface area contributed by atoms with Gasteiger partial charge in [-0.1, -0.05) is 55.0 Å². The first-order valence-corrected chi connectivity index (χ1v) is 11.9. The van der Waals surface area contributed by atoms with E-state index in [1.807, 2.05) is 75.4 Å². The number of nitrogens with zero attached hydrogens (tertiary/aromatic N) is 3. The third-order valence-electron chi connectivity index (χ3n) is 5.87. The van der Waals surface area contributed by atoms with Crippen molar-refractivity contribution < 1.29 is 14.0 Å². The summed E-state index contributed by atoms with van der Waals surface area (Å²) >= 11 is 0. The number of rotatable bonds is 8. The van der Waals surface area contributed by atoms with Crippen molar-refractivity contribution in [1.29, 1.82) is 0 Å². The van der Waals surface area contributed by atoms with Crippen molar-refractivity contribution in [1.82, 2.24) is 14.7 Å². The summed E-state index contributed by atoms with van der Waals surface area (Å²) in [6.07, 6.45) is 0.676. The number of amides is 2. The lowest BCUT2D eigenvalue weighted by Gasteiger charge is -2.22. The summed E-state index contributed by atoms with van der Waals surface area (Å²) in [5.41, 5.74) is 4.78. The SMILES string of the molecule is CCCN(CC(=O)Nc1c(-c2ccccc2)c(C)nn1-c1ccc(C)cc1)C(=O)c1ccc(F)cc1. The Balaban J connectivity index is 1.67. The molecule has 0 radical (unpaired) electrons. The van der Waals surface area contributed by atoms with Crippen LogP contribution in [0.1, 0.15) is 35.0 Å². The van der Waals surface area contributed by atoms with Crippen LogP contribution in [0.15, 0.2) is 78.9 Å². The Bertz CT molecular complexity index is 1350. The van der Waals surface area contributed by atoms with Crippen LogP contribution in [-0.4, -0.2) is 39.6 Å². The van der Waals surface area contributed by atoms with Gasteiger partial charge >= 0.3 is 0 Å². The van der Waals surface area contributed by atoms with Gasteiger partial charge in [-0.15, -0.1) is 0 Å². The largest absolute Gasteiger partial charge is 0.329 e. The first-order valence-electron chi connectivity index (χ1n) is 11.9. The minimum atomic E-state index is -0.417. The van der Waals surface area contributed by atoms with Crippen LogP contribution >= 0.6 is 0 Å². The molecule has 0 saturated carbocycles. The van der Waals surface area contributed by atoms with Gasteiger partial charge in [0, 0.05) is 17.7 Å². The minimum absolute atomic E-state index is 0.142. The van der Waals surface area contributed by atoms with Crippen molar-refractivity contribution in [2.45, 2.75) is 27.2 Å². The fourth-order valence-corrected chi connectivity index (χ4v) is 4.11. The molecule has 3 aromatic carbocycles. The molecule has 0 aliphatic rings. The van der Waals surface area contributed by atoms with Gasteiger partial charge in [-0.25, -0.2) is 9.07 Å². The Hall–Kier alpha value is -4.26. The zero-order valence-corrected chi connectivity index (χ0v) is 20.7. The van der Waals surface area contributed by atoms with Gasteiger partial charge in [-0.3, -0.25) is 9.59 Å². The molecule has 0 fully saturated rings. The lowest BCUT2D eigenvalue weighted by Crippen LogP contribution is -2.38. The summed E-state index contributed by atoms with van der Waals surface area (Å²) in [4.78, 5) is 27.8. The third kappa shape index (κ3) is 5.51. The lowest BCUT2D eigenvalue weighted by molar-refractivity contribution is -0.116. The average Bonchev–Trinajstić information content (AvgIpc) is 3.20. The van der Waals surface area contributed by atoms with Crippen LogP contribution in [0.3, 0.4) is 0 Å². The zero-order chi connectivity index (χ0) is 25.7. The molecule has 1 aromatic heterocycles. The lowest BCUT2D eigenvalue weighted by atomic mass is 10.1. The maximum atomic E-state index is 13.3. The van der Waals surface area contributed by atoms with E-state index in [1.165, 1.54) is 29.2 Å². The van der Waals surface area contributed by atoms with Gasteiger partial charge in [0.05, 0.1) is 11.4 Å². The number of carbonyl (C=O) groups is 2. The van der Waals surface area contributed by atoms with Gasteiger partial charge in [0.1, 0.15) is 18.2 Å². The van der Waals surface area contributed by atoms with E-state index in [-0.39, 0.29) is 18.4 Å². The zero-order valence-electron chi connectivity index (χ0n) is 20.7. The number of hydrogen-bond donors (Lipinski definition) is 1. The molecule has 4 aromatic rings. The van der Waals surface area contributed by atoms with E-state index < -0.39 is 5.82 Å². The Morgan fingerprint density at radius 3 is 2.25 bits per heavy atom. The van der Waals surface area contributed by atoms with Gasteiger partial charge in [0.25, 0.3) is 5.91 Å². The summed E-state index contributed by atoms with van der Waals surface area (Å²) in [5.74, 6) is -0.541. The summed E-state index contributed by atoms with van der Waals surface area (Å²) in [6, 6.07) is 23.0. The summed E-state index contributed by atoms with van der Waals surface area (Å²) in [5, 5.41) is 7.76. The first kappa shape index (κ1) is 24.9. The second kappa shape index (κ2) is 11.0. The Morgan fingerprint density at radius 2 is 1.61 bits per heavy atom. The maximum absolute atomic E-state index is 13.3. The van der Waals surface area contributed by atoms with Crippen LogP contribution < -0.4 is 5.32 Å². The topological polar surface area (TPSA) is 67.2 Å². The molecule has 0 spiro atoms. The van der Waals surface area contributed by atoms with Crippen molar-refractivity contribution >= 4 is 17.6 Å². The van der Waals surface area contributed by atoms with Gasteiger partial charge in [0.15, 0.2) is 0 Å². The Labute approximate surface area is 210 Å². The number of carbonyl (C=O) groups excluding carboxylic acids is 2. The monoisotopic (exact) mass is 484 g/mol. The number of aromatic nitrogens is 2. The molecule has 0 atom stereocenters. The second-order valence-electron chi connectivity index (χ2n) is 8.70. The molecule has 0 saturated heterocycles. The third-order valence-corrected chi connectivity index (χ3v) is 5.87. The van der Waals surface area contributed by atoms with Gasteiger partial charge in [-0.2, -0.15) is 5.10 Å². The molecule has 0 unspecified atom stereocenters. The predicted octanol–water partition coefficient (Wildman–Crippen LogP) is 5.79. The fourth-order valence-electron chi connectivity index (χ4n) is 4.11. The van der Waals surface area contributed by atoms with E-state index in [9.17, 15) is 14.0 Å². The van der Waals surface area contributed by atoms with Crippen LogP contribution in [0.2, 0.25) is 0 Å². The van der Waals surface area contributed by atoms with Crippen LogP contribution in [0.25, 0.3) is 16.8 Å². The number of aryl methyl sites for hydroxylation is 2. The first-order chi connectivity index (χ1) is 17.4. The molecule has 1 N–H and O–H groups in total. The van der Waals surface area contributed by atoms with E-state index in [4.69, 9.17) is 5.10 Å². The molecule has 0 bridgehead atoms. The highest BCUT2D eigenvalue weighted by molar-refractivity contribution is 6.01. The highest BCUT2D eigenvalue weighted by Crippen LogP contribution is 2.33. The van der Waals surface area contributed by atoms with E-state index >= 15 is 0 Å². The fraction of sp³-hybridized carbons (Fsp3) is 0.207. The number of nitrogens with one attached hydrogen (secondary N) is 1. The highest BCUT2D eigenvalue weighted by atomic mass is 19.1. The molecule has 0 aliphatic carbocycles. The number of hydrogen-bond acceptors (Lipinski definition) is 3. The predicted molar refractivity (Wildman–Crippen MR) is 140 cm³/mol. The Kier molecular flexibility index (Phi) is 7.59. The molecule has 2 amide bonds. The number of anilines is 1. The van der Waals surface area contributed by atoms with Crippen molar-refractivity contribution in [2.75, 3.05) is 18.4 Å². The normalized spacial score (nSPS) is 10.8. The van der Waals surface area contributed by atoms with E-state index in [0.717, 1.165) is 28.1 Å². The van der Waals surface area contributed by atoms with Crippen LogP contribution in [-0.2, 0) is 4.79 Å². The standard InChI is InChI=1S/C29H29FN4O2/c1-4-18-33(29(36)23-12-14-24(30)15-13-23)19-26(35)31-28-27(22-8-6-5-7-9-22)21(3)32-34(28)25-16-10-20(2)11-17-25/h5-17H,4,18-19H2,1-3H3,(H,31,35). The molecule has 7 heteroatoms. The molecule has 1 heterocycles. The van der Waals surface area contributed by atoms with Gasteiger partial charge in [-0.05, 0) is 62.2 Å². The molecule has 4 rings (SSSR count). The molecular weight excluding hydrogens is 455 g/mol. The summed E-state index contributed by atoms with van der Waals surface area (Å²) < 4.78 is 15.1. The average molecular weight is 485 g/mol. The summed E-state index contributed by atoms with van der Waals surface area (Å²) in [6.45, 7) is 6.11. The molecule has 36 heavy (non-hydrogen) atoms. The number of halogens is 1. The van der Waals surface area contributed by atoms with Crippen LogP contribution in [0, 0.1) is 19.7 Å². The van der Waals surface area contributed by atoms with Crippen molar-refractivity contribution in [3.8, 4) is 16.8 Å². The van der Waals surface area contributed by atoms with E-state index in [0.29, 0.717) is 24.3 Å². The number of benzene rings is 3. The van der Waals surface area contributed by atoms with Crippen LogP contribution in [0.5, 0.6) is 0 Å². The molecule has 0 aliphatic heterocycles. The molecule has 6 nitrogen and oxygen atoms in total. The maximum Gasteiger partial charge on any atom is 0.254 e. The van der Waals surface area contributed by atoms with Gasteiger partial charge < -0.3 is 10.2 Å². The smallest absolute Gasteiger partial charge is 0.254 e. The van der Waals surface area contributed by atoms with Gasteiger partial charge in [0.2, 0.25) is 5.91 Å². The second-order valence-corrected chi connectivity index (χ2v) is 8.70. The van der Waals surface area contributed by atoms with E-state index in [2.05, 4.69) is 5.32 Å². The molecule has 184 valence electrons. The van der Waals surface area contributed by atoms with Crippen molar-refractivity contribution in [3.05, 3.63) is 102 Å². The minimum Gasteiger partial charge on any atom is -0.329 e. The molecular formula is C29H29FN4O2. The van der Waals surface area contributed by atoms with E-state index in [1.54, 1.807) is 4.68 Å². The van der Waals surface area contributed by atoms with Crippen molar-refractivity contribution in [3.63, 3.8) is 0 Å². The Morgan fingerprint density at radius 1 is 0.944 bits per heavy atom.